The van der Waals surface area contributed by atoms with Crippen molar-refractivity contribution in [2.45, 2.75) is 24.3 Å². The van der Waals surface area contributed by atoms with Gasteiger partial charge in [0, 0.05) is 25.3 Å². The van der Waals surface area contributed by atoms with Gasteiger partial charge in [-0.3, -0.25) is 0 Å². The smallest absolute Gasteiger partial charge is 0.241 e. The SMILES string of the molecule is Cc1ccccc1S(=O)(=O)NC1CCN(c2ccccn2)C1. The molecule has 3 rings (SSSR count). The van der Waals surface area contributed by atoms with Gasteiger partial charge in [-0.25, -0.2) is 18.1 Å². The summed E-state index contributed by atoms with van der Waals surface area (Å²) in [5.41, 5.74) is 0.759. The minimum atomic E-state index is -3.48. The first-order chi connectivity index (χ1) is 10.6. The molecule has 0 aliphatic carbocycles. The Morgan fingerprint density at radius 3 is 2.68 bits per heavy atom. The molecule has 2 heterocycles. The fourth-order valence-electron chi connectivity index (χ4n) is 2.75. The molecule has 116 valence electrons. The van der Waals surface area contributed by atoms with Crippen LogP contribution in [-0.2, 0) is 10.0 Å². The van der Waals surface area contributed by atoms with Crippen LogP contribution in [0, 0.1) is 6.92 Å². The van der Waals surface area contributed by atoms with E-state index >= 15 is 0 Å². The molecular weight excluding hydrogens is 298 g/mol. The molecule has 1 aliphatic rings. The maximum absolute atomic E-state index is 12.5. The third kappa shape index (κ3) is 3.13. The maximum Gasteiger partial charge on any atom is 0.241 e. The molecule has 1 aromatic carbocycles. The number of anilines is 1. The summed E-state index contributed by atoms with van der Waals surface area (Å²) in [6, 6.07) is 12.7. The first kappa shape index (κ1) is 15.0. The van der Waals surface area contributed by atoms with Crippen molar-refractivity contribution in [3.8, 4) is 0 Å². The zero-order valence-corrected chi connectivity index (χ0v) is 13.3. The Morgan fingerprint density at radius 1 is 1.18 bits per heavy atom. The van der Waals surface area contributed by atoms with E-state index in [9.17, 15) is 8.42 Å². The molecule has 1 aliphatic heterocycles. The minimum absolute atomic E-state index is 0.0911. The standard InChI is InChI=1S/C16H19N3O2S/c1-13-6-2-3-7-15(13)22(20,21)18-14-9-11-19(12-14)16-8-4-5-10-17-16/h2-8,10,14,18H,9,11-12H2,1H3. The number of hydrogen-bond acceptors (Lipinski definition) is 4. The van der Waals surface area contributed by atoms with Crippen molar-refractivity contribution in [1.82, 2.24) is 9.71 Å². The molecule has 0 amide bonds. The maximum atomic E-state index is 12.5. The lowest BCUT2D eigenvalue weighted by molar-refractivity contribution is 0.561. The number of benzene rings is 1. The van der Waals surface area contributed by atoms with E-state index < -0.39 is 10.0 Å². The highest BCUT2D eigenvalue weighted by Crippen LogP contribution is 2.20. The van der Waals surface area contributed by atoms with Gasteiger partial charge in [-0.1, -0.05) is 24.3 Å². The molecule has 5 nitrogen and oxygen atoms in total. The quantitative estimate of drug-likeness (QED) is 0.936. The Balaban J connectivity index is 1.71. The molecule has 0 saturated carbocycles. The zero-order chi connectivity index (χ0) is 15.6. The van der Waals surface area contributed by atoms with Gasteiger partial charge in [-0.2, -0.15) is 0 Å². The lowest BCUT2D eigenvalue weighted by Crippen LogP contribution is -2.37. The molecule has 1 unspecified atom stereocenters. The Hall–Kier alpha value is -1.92. The molecule has 6 heteroatoms. The number of nitrogens with one attached hydrogen (secondary N) is 1. The summed E-state index contributed by atoms with van der Waals surface area (Å²) in [7, 11) is -3.48. The molecule has 0 radical (unpaired) electrons. The van der Waals surface area contributed by atoms with Gasteiger partial charge in [0.1, 0.15) is 5.82 Å². The molecule has 0 spiro atoms. The molecule has 1 aromatic heterocycles. The Kier molecular flexibility index (Phi) is 4.13. The molecule has 2 aromatic rings. The second-order valence-corrected chi connectivity index (χ2v) is 7.19. The van der Waals surface area contributed by atoms with Crippen LogP contribution in [0.3, 0.4) is 0 Å². The van der Waals surface area contributed by atoms with Crippen molar-refractivity contribution in [3.05, 3.63) is 54.2 Å². The van der Waals surface area contributed by atoms with Gasteiger partial charge >= 0.3 is 0 Å². The van der Waals surface area contributed by atoms with Gasteiger partial charge in [-0.05, 0) is 37.1 Å². The number of aryl methyl sites for hydroxylation is 1. The minimum Gasteiger partial charge on any atom is -0.355 e. The Bertz CT molecular complexity index is 747. The van der Waals surface area contributed by atoms with Crippen LogP contribution in [-0.4, -0.2) is 32.5 Å². The third-order valence-corrected chi connectivity index (χ3v) is 5.55. The number of hydrogen-bond donors (Lipinski definition) is 1. The van der Waals surface area contributed by atoms with E-state index in [2.05, 4.69) is 14.6 Å². The third-order valence-electron chi connectivity index (χ3n) is 3.87. The number of pyridine rings is 1. The van der Waals surface area contributed by atoms with Crippen molar-refractivity contribution in [2.75, 3.05) is 18.0 Å². The van der Waals surface area contributed by atoms with Crippen LogP contribution in [0.25, 0.3) is 0 Å². The summed E-state index contributed by atoms with van der Waals surface area (Å²) >= 11 is 0. The average Bonchev–Trinajstić information content (AvgIpc) is 2.96. The zero-order valence-electron chi connectivity index (χ0n) is 12.4. The lowest BCUT2D eigenvalue weighted by atomic mass is 10.2. The second kappa shape index (κ2) is 6.06. The van der Waals surface area contributed by atoms with Crippen LogP contribution in [0.2, 0.25) is 0 Å². The van der Waals surface area contributed by atoms with Crippen molar-refractivity contribution in [1.29, 1.82) is 0 Å². The van der Waals surface area contributed by atoms with Gasteiger partial charge in [0.05, 0.1) is 4.90 Å². The number of aromatic nitrogens is 1. The first-order valence-corrected chi connectivity index (χ1v) is 8.78. The monoisotopic (exact) mass is 317 g/mol. The van der Waals surface area contributed by atoms with Crippen molar-refractivity contribution < 1.29 is 8.42 Å². The van der Waals surface area contributed by atoms with E-state index in [0.29, 0.717) is 11.4 Å². The predicted molar refractivity (Wildman–Crippen MR) is 86.4 cm³/mol. The van der Waals surface area contributed by atoms with E-state index in [1.165, 1.54) is 0 Å². The fraction of sp³-hybridized carbons (Fsp3) is 0.312. The highest BCUT2D eigenvalue weighted by Gasteiger charge is 2.28. The van der Waals surface area contributed by atoms with Crippen LogP contribution in [0.15, 0.2) is 53.6 Å². The van der Waals surface area contributed by atoms with E-state index in [1.807, 2.05) is 37.3 Å². The summed E-state index contributed by atoms with van der Waals surface area (Å²) in [5, 5.41) is 0. The Morgan fingerprint density at radius 2 is 1.95 bits per heavy atom. The first-order valence-electron chi connectivity index (χ1n) is 7.30. The van der Waals surface area contributed by atoms with E-state index in [0.717, 1.165) is 24.3 Å². The summed E-state index contributed by atoms with van der Waals surface area (Å²) < 4.78 is 27.8. The van der Waals surface area contributed by atoms with E-state index in [1.54, 1.807) is 18.3 Å². The van der Waals surface area contributed by atoms with Gasteiger partial charge in [0.15, 0.2) is 0 Å². The fourth-order valence-corrected chi connectivity index (χ4v) is 4.25. The molecule has 22 heavy (non-hydrogen) atoms. The van der Waals surface area contributed by atoms with Crippen LogP contribution in [0.4, 0.5) is 5.82 Å². The molecule has 1 atom stereocenters. The highest BCUT2D eigenvalue weighted by atomic mass is 32.2. The van der Waals surface area contributed by atoms with Gasteiger partial charge in [0.2, 0.25) is 10.0 Å². The van der Waals surface area contributed by atoms with Gasteiger partial charge < -0.3 is 4.90 Å². The largest absolute Gasteiger partial charge is 0.355 e. The average molecular weight is 317 g/mol. The normalized spacial score (nSPS) is 18.6. The van der Waals surface area contributed by atoms with Gasteiger partial charge in [0.25, 0.3) is 0 Å². The molecule has 1 saturated heterocycles. The van der Waals surface area contributed by atoms with Crippen LogP contribution in [0.5, 0.6) is 0 Å². The van der Waals surface area contributed by atoms with Gasteiger partial charge in [-0.15, -0.1) is 0 Å². The molecule has 0 bridgehead atoms. The Labute approximate surface area is 131 Å². The topological polar surface area (TPSA) is 62.3 Å². The summed E-state index contributed by atoms with van der Waals surface area (Å²) in [5.74, 6) is 0.889. The summed E-state index contributed by atoms with van der Waals surface area (Å²) in [6.07, 6.45) is 2.53. The van der Waals surface area contributed by atoms with Crippen molar-refractivity contribution in [2.24, 2.45) is 0 Å². The molecule has 1 fully saturated rings. The van der Waals surface area contributed by atoms with E-state index in [-0.39, 0.29) is 6.04 Å². The number of rotatable bonds is 4. The van der Waals surface area contributed by atoms with Crippen LogP contribution in [0.1, 0.15) is 12.0 Å². The lowest BCUT2D eigenvalue weighted by Gasteiger charge is -2.18. The van der Waals surface area contributed by atoms with Crippen molar-refractivity contribution >= 4 is 15.8 Å². The number of sulfonamides is 1. The van der Waals surface area contributed by atoms with Crippen LogP contribution >= 0.6 is 0 Å². The second-order valence-electron chi connectivity index (χ2n) is 5.51. The highest BCUT2D eigenvalue weighted by molar-refractivity contribution is 7.89. The summed E-state index contributed by atoms with van der Waals surface area (Å²) in [6.45, 7) is 3.25. The molecular formula is C16H19N3O2S. The molecule has 1 N–H and O–H groups in total. The van der Waals surface area contributed by atoms with Crippen molar-refractivity contribution in [3.63, 3.8) is 0 Å². The predicted octanol–water partition coefficient (Wildman–Crippen LogP) is 1.95. The number of nitrogens with zero attached hydrogens (tertiary/aromatic N) is 2. The van der Waals surface area contributed by atoms with E-state index in [4.69, 9.17) is 0 Å². The summed E-state index contributed by atoms with van der Waals surface area (Å²) in [4.78, 5) is 6.77. The van der Waals surface area contributed by atoms with Crippen LogP contribution < -0.4 is 9.62 Å².